The summed E-state index contributed by atoms with van der Waals surface area (Å²) >= 11 is 0. The van der Waals surface area contributed by atoms with Crippen LogP contribution in [0.2, 0.25) is 0 Å². The number of anilines is 1. The predicted octanol–water partition coefficient (Wildman–Crippen LogP) is -1.80. The number of nitrogens with one attached hydrogen (secondary N) is 4. The van der Waals surface area contributed by atoms with Gasteiger partial charge in [0.1, 0.15) is 5.82 Å². The lowest BCUT2D eigenvalue weighted by atomic mass is 10.8. The normalized spacial score (nSPS) is 11.7. The molecule has 2 aromatic heterocycles. The monoisotopic (exact) mass is 264 g/mol. The van der Waals surface area contributed by atoms with Crippen molar-refractivity contribution in [1.29, 1.82) is 0 Å². The summed E-state index contributed by atoms with van der Waals surface area (Å²) in [6.07, 6.45) is 0. The second-order valence-electron chi connectivity index (χ2n) is 2.80. The first-order valence-electron chi connectivity index (χ1n) is 4.68. The van der Waals surface area contributed by atoms with Crippen LogP contribution in [0.3, 0.4) is 0 Å². The molecular weight excluding hydrogens is 256 g/mol. The molecule has 14 heteroatoms. The average molecular weight is 264 g/mol. The van der Waals surface area contributed by atoms with Crippen LogP contribution in [0.25, 0.3) is 0 Å². The van der Waals surface area contributed by atoms with E-state index in [2.05, 4.69) is 73.8 Å². The molecule has 0 saturated heterocycles. The first kappa shape index (κ1) is 12.2. The Morgan fingerprint density at radius 1 is 1.16 bits per heavy atom. The third-order valence-electron chi connectivity index (χ3n) is 1.54. The van der Waals surface area contributed by atoms with Crippen LogP contribution in [-0.4, -0.2) is 47.2 Å². The molecule has 0 radical (unpaired) electrons. The second kappa shape index (κ2) is 5.87. The zero-order valence-corrected chi connectivity index (χ0v) is 9.31. The van der Waals surface area contributed by atoms with Gasteiger partial charge in [-0.2, -0.15) is 15.4 Å². The van der Waals surface area contributed by atoms with E-state index in [-0.39, 0.29) is 23.7 Å². The summed E-state index contributed by atoms with van der Waals surface area (Å²) in [5.74, 6) is 5.55. The Morgan fingerprint density at radius 3 is 2.58 bits per heavy atom. The van der Waals surface area contributed by atoms with E-state index >= 15 is 0 Å². The molecule has 6 N–H and O–H groups in total. The van der Waals surface area contributed by atoms with E-state index in [1.807, 2.05) is 0 Å². The molecular formula is C5H8N14. The van der Waals surface area contributed by atoms with Crippen LogP contribution in [0.4, 0.5) is 11.9 Å². The van der Waals surface area contributed by atoms with Crippen LogP contribution in [0, 0.1) is 0 Å². The Hall–Kier alpha value is -3.29. The van der Waals surface area contributed by atoms with Crippen LogP contribution < -0.4 is 16.6 Å². The molecule has 2 heterocycles. The van der Waals surface area contributed by atoms with Crippen LogP contribution in [0.1, 0.15) is 0 Å². The fourth-order valence-corrected chi connectivity index (χ4v) is 0.859. The van der Waals surface area contributed by atoms with Crippen molar-refractivity contribution in [3.63, 3.8) is 0 Å². The van der Waals surface area contributed by atoms with Gasteiger partial charge in [0.25, 0.3) is 17.9 Å². The maximum atomic E-state index is 5.20. The van der Waals surface area contributed by atoms with Gasteiger partial charge in [-0.25, -0.2) is 5.84 Å². The molecule has 0 saturated carbocycles. The Bertz CT molecular complexity index is 561. The topological polar surface area (TPSA) is 196 Å². The highest BCUT2D eigenvalue weighted by molar-refractivity contribution is 5.81. The predicted molar refractivity (Wildman–Crippen MR) is 60.4 cm³/mol. The van der Waals surface area contributed by atoms with Gasteiger partial charge >= 0.3 is 0 Å². The fraction of sp³-hybridized carbons (Fsp3) is 0. The number of aliphatic imine (C=N–C) groups is 1. The number of rotatable bonds is 4. The third kappa shape index (κ3) is 3.60. The maximum Gasteiger partial charge on any atom is 0.292 e. The standard InChI is InChI=1S/C5H8N14/c1-2(7-4-12-16-17-13-4)10-11-3(9-6)8-5-14-18-19-15-5/h1,6H2,(H2,7,12,13,16,17)(H2,8,9,14,15,18,19). The Kier molecular flexibility index (Phi) is 3.76. The van der Waals surface area contributed by atoms with E-state index in [9.17, 15) is 0 Å². The minimum atomic E-state index is -0.0440. The molecule has 14 nitrogen and oxygen atoms in total. The lowest BCUT2D eigenvalue weighted by Gasteiger charge is -1.98. The zero-order valence-electron chi connectivity index (χ0n) is 9.31. The largest absolute Gasteiger partial charge is 0.305 e. The number of aromatic amines is 2. The van der Waals surface area contributed by atoms with Crippen LogP contribution in [0.15, 0.2) is 27.6 Å². The summed E-state index contributed by atoms with van der Waals surface area (Å²) < 4.78 is 0. The molecule has 2 rings (SSSR count). The molecule has 0 aliphatic heterocycles. The van der Waals surface area contributed by atoms with Crippen molar-refractivity contribution >= 4 is 17.9 Å². The van der Waals surface area contributed by atoms with Gasteiger partial charge in [0.15, 0.2) is 0 Å². The second-order valence-corrected chi connectivity index (χ2v) is 2.80. The quantitative estimate of drug-likeness (QED) is 0.139. The Balaban J connectivity index is 1.98. The minimum Gasteiger partial charge on any atom is -0.305 e. The van der Waals surface area contributed by atoms with Crippen molar-refractivity contribution in [2.75, 3.05) is 5.32 Å². The Morgan fingerprint density at radius 2 is 1.95 bits per heavy atom. The summed E-state index contributed by atoms with van der Waals surface area (Å²) in [6.45, 7) is 3.57. The highest BCUT2D eigenvalue weighted by atomic mass is 15.5. The van der Waals surface area contributed by atoms with Gasteiger partial charge in [0.2, 0.25) is 0 Å². The Labute approximate surface area is 104 Å². The van der Waals surface area contributed by atoms with Gasteiger partial charge in [-0.05, 0) is 10.4 Å². The van der Waals surface area contributed by atoms with E-state index in [1.54, 1.807) is 0 Å². The molecule has 0 amide bonds. The number of nitrogens with two attached hydrogens (primary N) is 1. The zero-order chi connectivity index (χ0) is 13.5. The maximum absolute atomic E-state index is 5.20. The molecule has 0 unspecified atom stereocenters. The van der Waals surface area contributed by atoms with Crippen molar-refractivity contribution in [2.45, 2.75) is 0 Å². The first-order valence-corrected chi connectivity index (χ1v) is 4.68. The molecule has 19 heavy (non-hydrogen) atoms. The molecule has 0 aliphatic carbocycles. The van der Waals surface area contributed by atoms with Crippen LogP contribution >= 0.6 is 0 Å². The van der Waals surface area contributed by atoms with E-state index in [0.29, 0.717) is 0 Å². The summed E-state index contributed by atoms with van der Waals surface area (Å²) in [5.41, 5.74) is 2.20. The van der Waals surface area contributed by atoms with Gasteiger partial charge in [-0.15, -0.1) is 20.4 Å². The molecule has 0 aliphatic rings. The molecule has 0 aromatic carbocycles. The van der Waals surface area contributed by atoms with Gasteiger partial charge < -0.3 is 5.32 Å². The number of nitrogens with zero attached hydrogens (tertiary/aromatic N) is 9. The average Bonchev–Trinajstić information content (AvgIpc) is 3.07. The lowest BCUT2D eigenvalue weighted by Crippen LogP contribution is -2.28. The molecule has 98 valence electrons. The fourth-order valence-electron chi connectivity index (χ4n) is 0.859. The van der Waals surface area contributed by atoms with E-state index in [4.69, 9.17) is 5.84 Å². The van der Waals surface area contributed by atoms with E-state index in [0.717, 1.165) is 0 Å². The number of guanidine groups is 1. The van der Waals surface area contributed by atoms with E-state index in [1.165, 1.54) is 0 Å². The van der Waals surface area contributed by atoms with Gasteiger partial charge in [-0.1, -0.05) is 16.8 Å². The summed E-state index contributed by atoms with van der Waals surface area (Å²) in [6, 6.07) is 0. The van der Waals surface area contributed by atoms with Crippen LogP contribution in [0.5, 0.6) is 0 Å². The number of aromatic nitrogens is 8. The lowest BCUT2D eigenvalue weighted by molar-refractivity contribution is 0.881. The number of tetrazole rings is 2. The highest BCUT2D eigenvalue weighted by Crippen LogP contribution is 2.01. The number of hydrazine groups is 1. The molecule has 0 spiro atoms. The summed E-state index contributed by atoms with van der Waals surface area (Å²) in [4.78, 5) is 3.79. The molecule has 2 aromatic rings. The smallest absolute Gasteiger partial charge is 0.292 e. The first-order chi connectivity index (χ1) is 9.28. The molecule has 0 atom stereocenters. The summed E-state index contributed by atoms with van der Waals surface area (Å²) in [5, 5.41) is 35.6. The third-order valence-corrected chi connectivity index (χ3v) is 1.54. The van der Waals surface area contributed by atoms with Gasteiger partial charge in [0, 0.05) is 0 Å². The molecule has 0 fully saturated rings. The van der Waals surface area contributed by atoms with Crippen molar-refractivity contribution in [2.24, 2.45) is 21.1 Å². The van der Waals surface area contributed by atoms with Crippen LogP contribution in [-0.2, 0) is 0 Å². The number of hydrogen-bond donors (Lipinski definition) is 5. The van der Waals surface area contributed by atoms with Crippen molar-refractivity contribution < 1.29 is 0 Å². The molecule has 0 bridgehead atoms. The SMILES string of the molecule is C=C(N=NC(=Nc1nn[nH]n1)NN)Nc1nn[nH]n1. The minimum absolute atomic E-state index is 0.0440. The summed E-state index contributed by atoms with van der Waals surface area (Å²) in [7, 11) is 0. The van der Waals surface area contributed by atoms with Crippen molar-refractivity contribution in [3.05, 3.63) is 12.4 Å². The van der Waals surface area contributed by atoms with Crippen molar-refractivity contribution in [3.8, 4) is 0 Å². The van der Waals surface area contributed by atoms with Gasteiger partial charge in [-0.3, -0.25) is 5.43 Å². The van der Waals surface area contributed by atoms with E-state index < -0.39 is 0 Å². The highest BCUT2D eigenvalue weighted by Gasteiger charge is 2.01. The number of azo groups is 1. The van der Waals surface area contributed by atoms with Crippen molar-refractivity contribution in [1.82, 2.24) is 46.7 Å². The number of hydrogen-bond acceptors (Lipinski definition) is 10. The van der Waals surface area contributed by atoms with Gasteiger partial charge in [0.05, 0.1) is 0 Å². The number of H-pyrrole nitrogens is 2.